The number of hydrogen-bond acceptors (Lipinski definition) is 2. The number of hydrogen-bond donors (Lipinski definition) is 2. The molecule has 2 nitrogen and oxygen atoms in total. The third-order valence-corrected chi connectivity index (χ3v) is 4.06. The molecule has 0 aliphatic carbocycles. The van der Waals surface area contributed by atoms with Crippen LogP contribution < -0.4 is 11.5 Å². The lowest BCUT2D eigenvalue weighted by molar-refractivity contribution is 1.10. The van der Waals surface area contributed by atoms with Gasteiger partial charge in [0.15, 0.2) is 0 Å². The number of rotatable bonds is 3. The highest BCUT2D eigenvalue weighted by atomic mass is 28.3. The summed E-state index contributed by atoms with van der Waals surface area (Å²) in [6.45, 7) is 7.11. The predicted molar refractivity (Wildman–Crippen MR) is 67.1 cm³/mol. The van der Waals surface area contributed by atoms with E-state index in [1.807, 2.05) is 18.2 Å². The average Bonchev–Trinajstić information content (AvgIpc) is 2.05. The van der Waals surface area contributed by atoms with Gasteiger partial charge >= 0.3 is 0 Å². The molecule has 0 aliphatic rings. The summed E-state index contributed by atoms with van der Waals surface area (Å²) in [6, 6.07) is 7.01. The zero-order valence-electron chi connectivity index (χ0n) is 9.30. The Morgan fingerprint density at radius 3 is 2.36 bits per heavy atom. The maximum Gasteiger partial charge on any atom is 0.0445 e. The van der Waals surface area contributed by atoms with Crippen molar-refractivity contribution in [3.63, 3.8) is 0 Å². The van der Waals surface area contributed by atoms with Gasteiger partial charge < -0.3 is 11.5 Å². The van der Waals surface area contributed by atoms with Crippen LogP contribution >= 0.6 is 0 Å². The van der Waals surface area contributed by atoms with E-state index in [0.717, 1.165) is 17.8 Å². The molecule has 78 valence electrons. The molecule has 1 aromatic carbocycles. The second-order valence-corrected chi connectivity index (χ2v) is 10.6. The number of aryl methyl sites for hydroxylation is 1. The Morgan fingerprint density at radius 2 is 1.79 bits per heavy atom. The summed E-state index contributed by atoms with van der Waals surface area (Å²) in [7, 11) is -0.977. The molecule has 0 fully saturated rings. The summed E-state index contributed by atoms with van der Waals surface area (Å²) in [5.41, 5.74) is 14.5. The fourth-order valence-electron chi connectivity index (χ4n) is 1.35. The number of anilines is 2. The smallest absolute Gasteiger partial charge is 0.0445 e. The van der Waals surface area contributed by atoms with Crippen molar-refractivity contribution in [2.75, 3.05) is 11.5 Å². The van der Waals surface area contributed by atoms with Crippen molar-refractivity contribution in [3.05, 3.63) is 23.8 Å². The quantitative estimate of drug-likeness (QED) is 0.593. The first-order valence-corrected chi connectivity index (χ1v) is 8.73. The number of nitrogen functional groups attached to an aromatic ring is 2. The van der Waals surface area contributed by atoms with Gasteiger partial charge in [-0.3, -0.25) is 0 Å². The molecule has 0 atom stereocenters. The summed E-state index contributed by atoms with van der Waals surface area (Å²) < 4.78 is 0. The Bertz CT molecular complexity index is 316. The number of benzene rings is 1. The first-order chi connectivity index (χ1) is 6.38. The second-order valence-electron chi connectivity index (χ2n) is 5.02. The third kappa shape index (κ3) is 3.42. The van der Waals surface area contributed by atoms with Crippen LogP contribution in [0.2, 0.25) is 25.7 Å². The Labute approximate surface area is 87.3 Å². The molecule has 0 heterocycles. The summed E-state index contributed by atoms with van der Waals surface area (Å²) in [6.07, 6.45) is 1.06. The molecule has 0 bridgehead atoms. The number of nitrogens with two attached hydrogens (primary N) is 2. The van der Waals surface area contributed by atoms with E-state index in [0.29, 0.717) is 0 Å². The van der Waals surface area contributed by atoms with Gasteiger partial charge in [-0.15, -0.1) is 0 Å². The minimum Gasteiger partial charge on any atom is -0.399 e. The highest BCUT2D eigenvalue weighted by Crippen LogP contribution is 2.20. The highest BCUT2D eigenvalue weighted by Gasteiger charge is 2.13. The Hall–Kier alpha value is -0.963. The van der Waals surface area contributed by atoms with E-state index >= 15 is 0 Å². The van der Waals surface area contributed by atoms with Crippen LogP contribution in [0.3, 0.4) is 0 Å². The van der Waals surface area contributed by atoms with Crippen LogP contribution in [-0.2, 0) is 6.42 Å². The molecule has 0 unspecified atom stereocenters. The van der Waals surface area contributed by atoms with Crippen molar-refractivity contribution in [1.82, 2.24) is 0 Å². The van der Waals surface area contributed by atoms with Gasteiger partial charge in [0.1, 0.15) is 0 Å². The summed E-state index contributed by atoms with van der Waals surface area (Å²) in [4.78, 5) is 0. The van der Waals surface area contributed by atoms with Crippen LogP contribution in [0.4, 0.5) is 11.4 Å². The maximum atomic E-state index is 5.88. The van der Waals surface area contributed by atoms with E-state index in [9.17, 15) is 0 Å². The lowest BCUT2D eigenvalue weighted by Gasteiger charge is -2.16. The molecule has 4 N–H and O–H groups in total. The molecule has 3 heteroatoms. The average molecular weight is 208 g/mol. The summed E-state index contributed by atoms with van der Waals surface area (Å²) in [5.74, 6) is 0. The van der Waals surface area contributed by atoms with Gasteiger partial charge in [-0.1, -0.05) is 25.7 Å². The van der Waals surface area contributed by atoms with Gasteiger partial charge in [0.05, 0.1) is 0 Å². The molecule has 0 aliphatic heterocycles. The van der Waals surface area contributed by atoms with Gasteiger partial charge in [-0.05, 0) is 30.2 Å². The molecular formula is C11H20N2Si. The molecular weight excluding hydrogens is 188 g/mol. The van der Waals surface area contributed by atoms with Crippen LogP contribution in [0.5, 0.6) is 0 Å². The Balaban J connectivity index is 2.72. The largest absolute Gasteiger partial charge is 0.399 e. The fraction of sp³-hybridized carbons (Fsp3) is 0.455. The zero-order valence-corrected chi connectivity index (χ0v) is 10.3. The van der Waals surface area contributed by atoms with E-state index < -0.39 is 8.07 Å². The molecule has 14 heavy (non-hydrogen) atoms. The molecule has 0 saturated heterocycles. The van der Waals surface area contributed by atoms with Crippen molar-refractivity contribution < 1.29 is 0 Å². The highest BCUT2D eigenvalue weighted by molar-refractivity contribution is 6.76. The monoisotopic (exact) mass is 208 g/mol. The van der Waals surface area contributed by atoms with Crippen molar-refractivity contribution in [1.29, 1.82) is 0 Å². The third-order valence-electron chi connectivity index (χ3n) is 2.31. The van der Waals surface area contributed by atoms with Crippen molar-refractivity contribution in [2.24, 2.45) is 0 Å². The van der Waals surface area contributed by atoms with E-state index in [1.165, 1.54) is 11.6 Å². The molecule has 0 aromatic heterocycles. The van der Waals surface area contributed by atoms with E-state index in [1.54, 1.807) is 0 Å². The predicted octanol–water partition coefficient (Wildman–Crippen LogP) is 2.73. The van der Waals surface area contributed by atoms with Crippen LogP contribution in [0.15, 0.2) is 18.2 Å². The van der Waals surface area contributed by atoms with Crippen molar-refractivity contribution in [2.45, 2.75) is 32.1 Å². The zero-order chi connectivity index (χ0) is 10.8. The molecule has 1 aromatic rings. The van der Waals surface area contributed by atoms with E-state index in [-0.39, 0.29) is 0 Å². The minimum atomic E-state index is -0.977. The van der Waals surface area contributed by atoms with E-state index in [2.05, 4.69) is 19.6 Å². The van der Waals surface area contributed by atoms with Gasteiger partial charge in [-0.2, -0.15) is 0 Å². The molecule has 0 amide bonds. The first kappa shape index (κ1) is 11.1. The van der Waals surface area contributed by atoms with Crippen LogP contribution in [-0.4, -0.2) is 8.07 Å². The maximum absolute atomic E-state index is 5.88. The standard InChI is InChI=1S/C11H20N2Si/c1-14(2,3)7-6-9-8-10(12)4-5-11(9)13/h4-5,8H,6-7,12-13H2,1-3H3. The molecule has 1 rings (SSSR count). The fourth-order valence-corrected chi connectivity index (χ4v) is 2.37. The SMILES string of the molecule is C[Si](C)(C)CCc1cc(N)ccc1N. The van der Waals surface area contributed by atoms with Gasteiger partial charge in [0.2, 0.25) is 0 Å². The first-order valence-electron chi connectivity index (χ1n) is 5.02. The topological polar surface area (TPSA) is 52.0 Å². The van der Waals surface area contributed by atoms with Crippen LogP contribution in [0.25, 0.3) is 0 Å². The van der Waals surface area contributed by atoms with Crippen LogP contribution in [0, 0.1) is 0 Å². The summed E-state index contributed by atoms with van der Waals surface area (Å²) >= 11 is 0. The van der Waals surface area contributed by atoms with E-state index in [4.69, 9.17) is 11.5 Å². The molecule has 0 saturated carbocycles. The van der Waals surface area contributed by atoms with Gasteiger partial charge in [0, 0.05) is 19.4 Å². The molecule has 0 spiro atoms. The summed E-state index contributed by atoms with van der Waals surface area (Å²) in [5, 5.41) is 0. The van der Waals surface area contributed by atoms with Gasteiger partial charge in [0.25, 0.3) is 0 Å². The minimum absolute atomic E-state index is 0.810. The Kier molecular flexibility index (Phi) is 3.21. The van der Waals surface area contributed by atoms with Crippen molar-refractivity contribution in [3.8, 4) is 0 Å². The molecule has 0 radical (unpaired) electrons. The van der Waals surface area contributed by atoms with Crippen molar-refractivity contribution >= 4 is 19.4 Å². The lowest BCUT2D eigenvalue weighted by atomic mass is 10.1. The van der Waals surface area contributed by atoms with Gasteiger partial charge in [-0.25, -0.2) is 0 Å². The second kappa shape index (κ2) is 4.05. The Morgan fingerprint density at radius 1 is 1.14 bits per heavy atom. The normalized spacial score (nSPS) is 11.6. The lowest BCUT2D eigenvalue weighted by Crippen LogP contribution is -2.20. The van der Waals surface area contributed by atoms with Crippen LogP contribution in [0.1, 0.15) is 5.56 Å².